The molecule has 1 aliphatic heterocycles. The molecule has 1 heterocycles. The lowest BCUT2D eigenvalue weighted by Crippen LogP contribution is -2.41. The fourth-order valence-electron chi connectivity index (χ4n) is 2.34. The summed E-state index contributed by atoms with van der Waals surface area (Å²) in [6.45, 7) is 1.12. The number of β-amino-alcohol motifs (C(OH)–C–C–N with tert-alkyl or cyclic N) is 1. The topological polar surface area (TPSA) is 40.5 Å². The van der Waals surface area contributed by atoms with E-state index in [1.54, 1.807) is 4.90 Å². The number of nitrogens with zero attached hydrogens (tertiary/aromatic N) is 1. The summed E-state index contributed by atoms with van der Waals surface area (Å²) in [5, 5.41) is 9.51. The van der Waals surface area contributed by atoms with Crippen molar-refractivity contribution >= 4 is 5.78 Å². The first kappa shape index (κ1) is 15.0. The van der Waals surface area contributed by atoms with Crippen molar-refractivity contribution < 1.29 is 23.1 Å². The number of rotatable bonds is 3. The zero-order valence-electron chi connectivity index (χ0n) is 10.9. The Morgan fingerprint density at radius 2 is 2.15 bits per heavy atom. The lowest BCUT2D eigenvalue weighted by atomic mass is 10.0. The summed E-state index contributed by atoms with van der Waals surface area (Å²) in [5.74, 6) is -0.356. The number of aliphatic hydroxyl groups excluding tert-OH is 1. The SMILES string of the molecule is O=C(CN1CCCC(O)C1)c1cccc(C(F)(F)F)c1. The maximum absolute atomic E-state index is 12.6. The number of likely N-dealkylation sites (tertiary alicyclic amines) is 1. The van der Waals surface area contributed by atoms with E-state index in [1.165, 1.54) is 12.1 Å². The van der Waals surface area contributed by atoms with Gasteiger partial charge in [-0.2, -0.15) is 13.2 Å². The summed E-state index contributed by atoms with van der Waals surface area (Å²) in [7, 11) is 0. The van der Waals surface area contributed by atoms with Gasteiger partial charge in [0.2, 0.25) is 0 Å². The highest BCUT2D eigenvalue weighted by Gasteiger charge is 2.31. The highest BCUT2D eigenvalue weighted by Crippen LogP contribution is 2.29. The molecule has 0 radical (unpaired) electrons. The van der Waals surface area contributed by atoms with Crippen LogP contribution in [0.15, 0.2) is 24.3 Å². The Kier molecular flexibility index (Phi) is 4.45. The van der Waals surface area contributed by atoms with Crippen LogP contribution in [0.25, 0.3) is 0 Å². The average Bonchev–Trinajstić information content (AvgIpc) is 2.38. The van der Waals surface area contributed by atoms with Crippen LogP contribution >= 0.6 is 0 Å². The Labute approximate surface area is 115 Å². The summed E-state index contributed by atoms with van der Waals surface area (Å²) in [6, 6.07) is 4.45. The predicted octanol–water partition coefficient (Wildman–Crippen LogP) is 2.34. The fraction of sp³-hybridized carbons (Fsp3) is 0.500. The van der Waals surface area contributed by atoms with Crippen LogP contribution in [-0.2, 0) is 6.18 Å². The van der Waals surface area contributed by atoms with Gasteiger partial charge in [0.25, 0.3) is 0 Å². The molecule has 1 N–H and O–H groups in total. The lowest BCUT2D eigenvalue weighted by molar-refractivity contribution is -0.137. The van der Waals surface area contributed by atoms with Crippen molar-refractivity contribution in [1.29, 1.82) is 0 Å². The van der Waals surface area contributed by atoms with Gasteiger partial charge in [0, 0.05) is 12.1 Å². The first-order chi connectivity index (χ1) is 9.36. The van der Waals surface area contributed by atoms with E-state index in [-0.39, 0.29) is 17.9 Å². The molecule has 1 aromatic rings. The number of ketones is 1. The van der Waals surface area contributed by atoms with Gasteiger partial charge in [0.15, 0.2) is 5.78 Å². The minimum absolute atomic E-state index is 0.0401. The van der Waals surface area contributed by atoms with Crippen molar-refractivity contribution in [2.24, 2.45) is 0 Å². The van der Waals surface area contributed by atoms with Crippen molar-refractivity contribution in [2.75, 3.05) is 19.6 Å². The smallest absolute Gasteiger partial charge is 0.392 e. The minimum atomic E-state index is -4.45. The third-order valence-electron chi connectivity index (χ3n) is 3.36. The molecule has 1 aliphatic rings. The van der Waals surface area contributed by atoms with Crippen LogP contribution in [0.3, 0.4) is 0 Å². The molecule has 1 unspecified atom stereocenters. The Bertz CT molecular complexity index is 488. The van der Waals surface area contributed by atoms with Gasteiger partial charge in [0.05, 0.1) is 18.2 Å². The van der Waals surface area contributed by atoms with Gasteiger partial charge < -0.3 is 5.11 Å². The molecule has 0 saturated carbocycles. The Morgan fingerprint density at radius 1 is 1.40 bits per heavy atom. The van der Waals surface area contributed by atoms with Crippen molar-refractivity contribution in [3.8, 4) is 0 Å². The third kappa shape index (κ3) is 3.80. The van der Waals surface area contributed by atoms with Gasteiger partial charge in [-0.25, -0.2) is 0 Å². The maximum Gasteiger partial charge on any atom is 0.416 e. The number of Topliss-reactive ketones (excluding diaryl/α,β-unsaturated/α-hetero) is 1. The van der Waals surface area contributed by atoms with E-state index in [0.29, 0.717) is 19.5 Å². The lowest BCUT2D eigenvalue weighted by Gasteiger charge is -2.29. The van der Waals surface area contributed by atoms with E-state index in [9.17, 15) is 23.1 Å². The van der Waals surface area contributed by atoms with Gasteiger partial charge in [-0.1, -0.05) is 12.1 Å². The zero-order chi connectivity index (χ0) is 14.8. The number of aliphatic hydroxyl groups is 1. The molecule has 0 aliphatic carbocycles. The molecule has 6 heteroatoms. The van der Waals surface area contributed by atoms with E-state index in [4.69, 9.17) is 0 Å². The molecule has 20 heavy (non-hydrogen) atoms. The molecule has 1 aromatic carbocycles. The van der Waals surface area contributed by atoms with Gasteiger partial charge >= 0.3 is 6.18 Å². The molecule has 1 fully saturated rings. The van der Waals surface area contributed by atoms with Crippen molar-refractivity contribution in [1.82, 2.24) is 4.90 Å². The molecule has 2 rings (SSSR count). The summed E-state index contributed by atoms with van der Waals surface area (Å²) < 4.78 is 37.8. The number of halogens is 3. The second-order valence-electron chi connectivity index (χ2n) is 5.03. The molecule has 0 aromatic heterocycles. The van der Waals surface area contributed by atoms with E-state index >= 15 is 0 Å². The summed E-state index contributed by atoms with van der Waals surface area (Å²) in [6.07, 6.45) is -3.42. The molecular weight excluding hydrogens is 271 g/mol. The van der Waals surface area contributed by atoms with Gasteiger partial charge in [-0.15, -0.1) is 0 Å². The second-order valence-corrected chi connectivity index (χ2v) is 5.03. The zero-order valence-corrected chi connectivity index (χ0v) is 10.9. The van der Waals surface area contributed by atoms with Crippen molar-refractivity contribution in [3.63, 3.8) is 0 Å². The van der Waals surface area contributed by atoms with Gasteiger partial charge in [-0.05, 0) is 31.5 Å². The van der Waals surface area contributed by atoms with Crippen LogP contribution in [0.4, 0.5) is 13.2 Å². The minimum Gasteiger partial charge on any atom is -0.392 e. The molecule has 1 saturated heterocycles. The molecular formula is C14H16F3NO2. The van der Waals surface area contributed by atoms with Crippen molar-refractivity contribution in [3.05, 3.63) is 35.4 Å². The maximum atomic E-state index is 12.6. The number of carbonyl (C=O) groups is 1. The Morgan fingerprint density at radius 3 is 2.80 bits per heavy atom. The van der Waals surface area contributed by atoms with Gasteiger partial charge in [0.1, 0.15) is 0 Å². The number of hydrogen-bond acceptors (Lipinski definition) is 3. The normalized spacial score (nSPS) is 20.9. The van der Waals surface area contributed by atoms with E-state index < -0.39 is 17.8 Å². The second kappa shape index (κ2) is 5.93. The van der Waals surface area contributed by atoms with Crippen molar-refractivity contribution in [2.45, 2.75) is 25.1 Å². The van der Waals surface area contributed by atoms with Crippen LogP contribution in [0, 0.1) is 0 Å². The molecule has 0 amide bonds. The number of hydrogen-bond donors (Lipinski definition) is 1. The van der Waals surface area contributed by atoms with E-state index in [0.717, 1.165) is 18.6 Å². The molecule has 0 bridgehead atoms. The Balaban J connectivity index is 2.05. The van der Waals surface area contributed by atoms with Crippen LogP contribution < -0.4 is 0 Å². The monoisotopic (exact) mass is 287 g/mol. The van der Waals surface area contributed by atoms with E-state index in [2.05, 4.69) is 0 Å². The quantitative estimate of drug-likeness (QED) is 0.868. The standard InChI is InChI=1S/C14H16F3NO2/c15-14(16,17)11-4-1-3-10(7-11)13(20)9-18-6-2-5-12(19)8-18/h1,3-4,7,12,19H,2,5-6,8-9H2. The average molecular weight is 287 g/mol. The van der Waals surface area contributed by atoms with E-state index in [1.807, 2.05) is 0 Å². The number of carbonyl (C=O) groups excluding carboxylic acids is 1. The number of alkyl halides is 3. The fourth-order valence-corrected chi connectivity index (χ4v) is 2.34. The molecule has 0 spiro atoms. The number of piperidine rings is 1. The first-order valence-corrected chi connectivity index (χ1v) is 6.47. The number of benzene rings is 1. The third-order valence-corrected chi connectivity index (χ3v) is 3.36. The molecule has 1 atom stereocenters. The van der Waals surface area contributed by atoms with Crippen LogP contribution in [0.2, 0.25) is 0 Å². The highest BCUT2D eigenvalue weighted by molar-refractivity contribution is 5.97. The predicted molar refractivity (Wildman–Crippen MR) is 67.5 cm³/mol. The molecule has 110 valence electrons. The van der Waals surface area contributed by atoms with Crippen LogP contribution in [0.5, 0.6) is 0 Å². The summed E-state index contributed by atoms with van der Waals surface area (Å²) in [5.41, 5.74) is -0.762. The largest absolute Gasteiger partial charge is 0.416 e. The molecule has 3 nitrogen and oxygen atoms in total. The summed E-state index contributed by atoms with van der Waals surface area (Å²) in [4.78, 5) is 13.8. The van der Waals surface area contributed by atoms with Crippen LogP contribution in [0.1, 0.15) is 28.8 Å². The highest BCUT2D eigenvalue weighted by atomic mass is 19.4. The van der Waals surface area contributed by atoms with Crippen LogP contribution in [-0.4, -0.2) is 41.5 Å². The summed E-state index contributed by atoms with van der Waals surface area (Å²) >= 11 is 0. The Hall–Kier alpha value is -1.40. The van der Waals surface area contributed by atoms with Gasteiger partial charge in [-0.3, -0.25) is 9.69 Å². The first-order valence-electron chi connectivity index (χ1n) is 6.47.